The first-order valence-electron chi connectivity index (χ1n) is 5.44. The van der Waals surface area contributed by atoms with Crippen molar-refractivity contribution >= 4 is 0 Å². The Morgan fingerprint density at radius 3 is 2.06 bits per heavy atom. The van der Waals surface area contributed by atoms with Crippen LogP contribution in [0.3, 0.4) is 0 Å². The van der Waals surface area contributed by atoms with Gasteiger partial charge in [0, 0.05) is 6.42 Å². The number of hydrogen-bond acceptors (Lipinski definition) is 1. The van der Waals surface area contributed by atoms with Gasteiger partial charge in [-0.05, 0) is 24.0 Å². The summed E-state index contributed by atoms with van der Waals surface area (Å²) < 4.78 is 24.5. The summed E-state index contributed by atoms with van der Waals surface area (Å²) in [6.45, 7) is 5.54. The first-order chi connectivity index (χ1) is 7.33. The maximum absolute atomic E-state index is 12.3. The quantitative estimate of drug-likeness (QED) is 0.833. The number of hydrogen-bond donors (Lipinski definition) is 1. The van der Waals surface area contributed by atoms with Crippen molar-refractivity contribution in [2.45, 2.75) is 45.1 Å². The zero-order valence-corrected chi connectivity index (χ0v) is 9.87. The fraction of sp³-hybridized carbons (Fsp3) is 0.538. The van der Waals surface area contributed by atoms with Crippen molar-refractivity contribution in [2.24, 2.45) is 0 Å². The SMILES string of the molecule is CC(C)c1ccc(C(C)(O)CC(F)F)cc1. The molecule has 3 heteroatoms. The lowest BCUT2D eigenvalue weighted by Gasteiger charge is -2.23. The largest absolute Gasteiger partial charge is 0.385 e. The van der Waals surface area contributed by atoms with Gasteiger partial charge in [-0.15, -0.1) is 0 Å². The van der Waals surface area contributed by atoms with Gasteiger partial charge in [-0.3, -0.25) is 0 Å². The summed E-state index contributed by atoms with van der Waals surface area (Å²) in [5.74, 6) is 0.397. The molecule has 1 rings (SSSR count). The molecule has 1 unspecified atom stereocenters. The van der Waals surface area contributed by atoms with Crippen LogP contribution in [0.15, 0.2) is 24.3 Å². The van der Waals surface area contributed by atoms with Crippen LogP contribution in [0.1, 0.15) is 44.2 Å². The van der Waals surface area contributed by atoms with Crippen molar-refractivity contribution in [3.8, 4) is 0 Å². The monoisotopic (exact) mass is 228 g/mol. The van der Waals surface area contributed by atoms with Crippen LogP contribution in [0.4, 0.5) is 8.78 Å². The Hall–Kier alpha value is -0.960. The second-order valence-electron chi connectivity index (χ2n) is 4.65. The minimum Gasteiger partial charge on any atom is -0.385 e. The highest BCUT2D eigenvalue weighted by atomic mass is 19.3. The van der Waals surface area contributed by atoms with Gasteiger partial charge in [0.1, 0.15) is 0 Å². The minimum absolute atomic E-state index is 0.397. The molecule has 0 heterocycles. The van der Waals surface area contributed by atoms with Crippen LogP contribution in [0.25, 0.3) is 0 Å². The van der Waals surface area contributed by atoms with Crippen LogP contribution in [0.2, 0.25) is 0 Å². The van der Waals surface area contributed by atoms with Crippen LogP contribution in [-0.4, -0.2) is 11.5 Å². The van der Waals surface area contributed by atoms with E-state index in [4.69, 9.17) is 0 Å². The van der Waals surface area contributed by atoms with Crippen molar-refractivity contribution in [1.82, 2.24) is 0 Å². The summed E-state index contributed by atoms with van der Waals surface area (Å²) in [4.78, 5) is 0. The average molecular weight is 228 g/mol. The third kappa shape index (κ3) is 3.27. The fourth-order valence-electron chi connectivity index (χ4n) is 1.65. The van der Waals surface area contributed by atoms with E-state index in [0.29, 0.717) is 11.5 Å². The number of rotatable bonds is 4. The van der Waals surface area contributed by atoms with Crippen LogP contribution >= 0.6 is 0 Å². The third-order valence-corrected chi connectivity index (χ3v) is 2.75. The van der Waals surface area contributed by atoms with E-state index >= 15 is 0 Å². The molecule has 0 aliphatic rings. The van der Waals surface area contributed by atoms with Gasteiger partial charge >= 0.3 is 0 Å². The van der Waals surface area contributed by atoms with Gasteiger partial charge in [0.05, 0.1) is 5.60 Å². The molecule has 0 saturated carbocycles. The van der Waals surface area contributed by atoms with Crippen molar-refractivity contribution in [2.75, 3.05) is 0 Å². The Morgan fingerprint density at radius 1 is 1.19 bits per heavy atom. The Labute approximate surface area is 95.1 Å². The van der Waals surface area contributed by atoms with Crippen LogP contribution in [0, 0.1) is 0 Å². The highest BCUT2D eigenvalue weighted by Gasteiger charge is 2.27. The molecule has 16 heavy (non-hydrogen) atoms. The van der Waals surface area contributed by atoms with Crippen molar-refractivity contribution in [1.29, 1.82) is 0 Å². The summed E-state index contributed by atoms with van der Waals surface area (Å²) in [6, 6.07) is 7.19. The molecule has 90 valence electrons. The first-order valence-corrected chi connectivity index (χ1v) is 5.44. The molecule has 0 aliphatic carbocycles. The molecule has 0 bridgehead atoms. The van der Waals surface area contributed by atoms with E-state index in [1.54, 1.807) is 12.1 Å². The molecule has 1 N–H and O–H groups in total. The van der Waals surface area contributed by atoms with Crippen molar-refractivity contribution in [3.05, 3.63) is 35.4 Å². The lowest BCUT2D eigenvalue weighted by atomic mass is 9.90. The smallest absolute Gasteiger partial charge is 0.241 e. The standard InChI is InChI=1S/C13H18F2O/c1-9(2)10-4-6-11(7-5-10)13(3,16)8-12(14)15/h4-7,9,12,16H,8H2,1-3H3. The topological polar surface area (TPSA) is 20.2 Å². The van der Waals surface area contributed by atoms with Crippen molar-refractivity contribution in [3.63, 3.8) is 0 Å². The average Bonchev–Trinajstić information content (AvgIpc) is 2.16. The summed E-state index contributed by atoms with van der Waals surface area (Å²) in [5.41, 5.74) is 0.220. The molecule has 1 aromatic carbocycles. The zero-order valence-electron chi connectivity index (χ0n) is 9.87. The number of alkyl halides is 2. The molecule has 1 nitrogen and oxygen atoms in total. The zero-order chi connectivity index (χ0) is 12.3. The second kappa shape index (κ2) is 4.91. The Bertz CT molecular complexity index is 328. The van der Waals surface area contributed by atoms with Crippen LogP contribution in [0.5, 0.6) is 0 Å². The van der Waals surface area contributed by atoms with E-state index in [2.05, 4.69) is 13.8 Å². The summed E-state index contributed by atoms with van der Waals surface area (Å²) in [7, 11) is 0. The molecule has 1 atom stereocenters. The summed E-state index contributed by atoms with van der Waals surface area (Å²) >= 11 is 0. The van der Waals surface area contributed by atoms with Crippen LogP contribution in [-0.2, 0) is 5.60 Å². The molecular formula is C13H18F2O. The van der Waals surface area contributed by atoms with Gasteiger partial charge in [-0.25, -0.2) is 8.78 Å². The minimum atomic E-state index is -2.50. The highest BCUT2D eigenvalue weighted by molar-refractivity contribution is 5.28. The van der Waals surface area contributed by atoms with E-state index in [9.17, 15) is 13.9 Å². The molecule has 0 fully saturated rings. The van der Waals surface area contributed by atoms with Gasteiger partial charge in [-0.2, -0.15) is 0 Å². The Morgan fingerprint density at radius 2 is 1.69 bits per heavy atom. The van der Waals surface area contributed by atoms with E-state index in [1.165, 1.54) is 6.92 Å². The van der Waals surface area contributed by atoms with Crippen LogP contribution < -0.4 is 0 Å². The van der Waals surface area contributed by atoms with Gasteiger partial charge < -0.3 is 5.11 Å². The molecule has 0 aromatic heterocycles. The summed E-state index contributed by atoms with van der Waals surface area (Å²) in [5, 5.41) is 9.91. The first kappa shape index (κ1) is 13.1. The fourth-order valence-corrected chi connectivity index (χ4v) is 1.65. The van der Waals surface area contributed by atoms with Gasteiger partial charge in [-0.1, -0.05) is 38.1 Å². The maximum Gasteiger partial charge on any atom is 0.241 e. The molecule has 0 amide bonds. The van der Waals surface area contributed by atoms with Gasteiger partial charge in [0.25, 0.3) is 0 Å². The third-order valence-electron chi connectivity index (χ3n) is 2.75. The van der Waals surface area contributed by atoms with E-state index in [1.807, 2.05) is 12.1 Å². The molecule has 0 radical (unpaired) electrons. The van der Waals surface area contributed by atoms with Gasteiger partial charge in [0.2, 0.25) is 6.43 Å². The Balaban J connectivity index is 2.88. The van der Waals surface area contributed by atoms with Crippen molar-refractivity contribution < 1.29 is 13.9 Å². The summed E-state index contributed by atoms with van der Waals surface area (Å²) in [6.07, 6.45) is -3.03. The molecule has 1 aromatic rings. The van der Waals surface area contributed by atoms with E-state index in [-0.39, 0.29) is 0 Å². The lowest BCUT2D eigenvalue weighted by molar-refractivity contribution is -0.0124. The number of aliphatic hydroxyl groups is 1. The molecular weight excluding hydrogens is 210 g/mol. The number of halogens is 2. The molecule has 0 spiro atoms. The normalized spacial score (nSPS) is 15.5. The van der Waals surface area contributed by atoms with Gasteiger partial charge in [0.15, 0.2) is 0 Å². The van der Waals surface area contributed by atoms with E-state index < -0.39 is 18.4 Å². The highest BCUT2D eigenvalue weighted by Crippen LogP contribution is 2.28. The lowest BCUT2D eigenvalue weighted by Crippen LogP contribution is -2.24. The second-order valence-corrected chi connectivity index (χ2v) is 4.65. The predicted octanol–water partition coefficient (Wildman–Crippen LogP) is 3.67. The molecule has 0 saturated heterocycles. The number of benzene rings is 1. The Kier molecular flexibility index (Phi) is 4.03. The van der Waals surface area contributed by atoms with E-state index in [0.717, 1.165) is 5.56 Å². The maximum atomic E-state index is 12.3. The molecule has 0 aliphatic heterocycles. The predicted molar refractivity (Wildman–Crippen MR) is 60.7 cm³/mol.